The van der Waals surface area contributed by atoms with Crippen LogP contribution < -0.4 is 5.32 Å². The monoisotopic (exact) mass is 276 g/mol. The maximum absolute atomic E-state index is 4.47. The van der Waals surface area contributed by atoms with Crippen LogP contribution in [0.4, 0.5) is 11.6 Å². The first kappa shape index (κ1) is 11.8. The van der Waals surface area contributed by atoms with Crippen LogP contribution in [0.25, 0.3) is 21.8 Å². The second-order valence-electron chi connectivity index (χ2n) is 4.76. The minimum absolute atomic E-state index is 0.705. The SMILES string of the molecule is Cc1nc(Nc2n[nH]c3ccccc23)c2cnccc2n1. The summed E-state index contributed by atoms with van der Waals surface area (Å²) in [4.78, 5) is 13.0. The van der Waals surface area contributed by atoms with Crippen molar-refractivity contribution in [2.75, 3.05) is 5.32 Å². The lowest BCUT2D eigenvalue weighted by Crippen LogP contribution is -1.99. The Morgan fingerprint density at radius 3 is 2.86 bits per heavy atom. The number of rotatable bonds is 2. The standard InChI is InChI=1S/C15H12N6/c1-9-17-12-6-7-16-8-11(12)14(18-9)19-15-10-4-2-3-5-13(10)20-21-15/h2-8H,1H3,(H2,17,18,19,20,21). The number of hydrogen-bond donors (Lipinski definition) is 2. The van der Waals surface area contributed by atoms with E-state index in [0.29, 0.717) is 11.6 Å². The topological polar surface area (TPSA) is 79.4 Å². The lowest BCUT2D eigenvalue weighted by molar-refractivity contribution is 1.08. The van der Waals surface area contributed by atoms with Crippen molar-refractivity contribution in [3.63, 3.8) is 0 Å². The van der Waals surface area contributed by atoms with Gasteiger partial charge in [-0.15, -0.1) is 0 Å². The number of para-hydroxylation sites is 1. The van der Waals surface area contributed by atoms with Gasteiger partial charge in [-0.05, 0) is 25.1 Å². The van der Waals surface area contributed by atoms with Crippen molar-refractivity contribution < 1.29 is 0 Å². The molecule has 0 atom stereocenters. The molecule has 3 heterocycles. The lowest BCUT2D eigenvalue weighted by atomic mass is 10.2. The first-order chi connectivity index (χ1) is 10.3. The molecule has 102 valence electrons. The molecule has 0 aliphatic rings. The van der Waals surface area contributed by atoms with E-state index >= 15 is 0 Å². The average molecular weight is 276 g/mol. The van der Waals surface area contributed by atoms with E-state index in [0.717, 1.165) is 27.6 Å². The second-order valence-corrected chi connectivity index (χ2v) is 4.76. The van der Waals surface area contributed by atoms with Gasteiger partial charge < -0.3 is 5.32 Å². The maximum atomic E-state index is 4.47. The van der Waals surface area contributed by atoms with Gasteiger partial charge in [0, 0.05) is 17.8 Å². The summed E-state index contributed by atoms with van der Waals surface area (Å²) in [5, 5.41) is 12.5. The van der Waals surface area contributed by atoms with Crippen LogP contribution in [-0.2, 0) is 0 Å². The van der Waals surface area contributed by atoms with Gasteiger partial charge in [-0.25, -0.2) is 9.97 Å². The first-order valence-electron chi connectivity index (χ1n) is 6.60. The molecule has 0 aliphatic heterocycles. The fraction of sp³-hybridized carbons (Fsp3) is 0.0667. The summed E-state index contributed by atoms with van der Waals surface area (Å²) in [6.45, 7) is 1.87. The number of benzene rings is 1. The second kappa shape index (κ2) is 4.52. The smallest absolute Gasteiger partial charge is 0.161 e. The third-order valence-electron chi connectivity index (χ3n) is 3.32. The van der Waals surface area contributed by atoms with Gasteiger partial charge in [-0.1, -0.05) is 12.1 Å². The molecule has 0 radical (unpaired) electrons. The van der Waals surface area contributed by atoms with Gasteiger partial charge in [0.15, 0.2) is 5.82 Å². The molecule has 1 aromatic carbocycles. The molecule has 2 N–H and O–H groups in total. The molecule has 0 saturated heterocycles. The molecular formula is C15H12N6. The quantitative estimate of drug-likeness (QED) is 0.588. The number of pyridine rings is 1. The van der Waals surface area contributed by atoms with Crippen LogP contribution in [0.5, 0.6) is 0 Å². The van der Waals surface area contributed by atoms with Crippen LogP contribution >= 0.6 is 0 Å². The third kappa shape index (κ3) is 1.97. The van der Waals surface area contributed by atoms with E-state index in [9.17, 15) is 0 Å². The van der Waals surface area contributed by atoms with Gasteiger partial charge in [-0.3, -0.25) is 10.1 Å². The Hall–Kier alpha value is -3.02. The third-order valence-corrected chi connectivity index (χ3v) is 3.32. The van der Waals surface area contributed by atoms with Gasteiger partial charge >= 0.3 is 0 Å². The molecular weight excluding hydrogens is 264 g/mol. The van der Waals surface area contributed by atoms with Gasteiger partial charge in [0.2, 0.25) is 0 Å². The molecule has 0 bridgehead atoms. The molecule has 0 fully saturated rings. The molecule has 21 heavy (non-hydrogen) atoms. The van der Waals surface area contributed by atoms with E-state index in [1.165, 1.54) is 0 Å². The number of aromatic nitrogens is 5. The van der Waals surface area contributed by atoms with Crippen LogP contribution in [0.15, 0.2) is 42.7 Å². The van der Waals surface area contributed by atoms with Crippen molar-refractivity contribution in [2.24, 2.45) is 0 Å². The Bertz CT molecular complexity index is 943. The van der Waals surface area contributed by atoms with Crippen LogP contribution in [-0.4, -0.2) is 25.1 Å². The maximum Gasteiger partial charge on any atom is 0.161 e. The summed E-state index contributed by atoms with van der Waals surface area (Å²) >= 11 is 0. The summed E-state index contributed by atoms with van der Waals surface area (Å²) in [7, 11) is 0. The molecule has 0 spiro atoms. The number of aryl methyl sites for hydroxylation is 1. The Labute approximate surface area is 120 Å². The van der Waals surface area contributed by atoms with E-state index in [2.05, 4.69) is 30.5 Å². The van der Waals surface area contributed by atoms with Crippen LogP contribution in [0.1, 0.15) is 5.82 Å². The Kier molecular flexibility index (Phi) is 2.53. The predicted molar refractivity (Wildman–Crippen MR) is 81.4 cm³/mol. The highest BCUT2D eigenvalue weighted by atomic mass is 15.2. The molecule has 0 aliphatic carbocycles. The van der Waals surface area contributed by atoms with Gasteiger partial charge in [0.25, 0.3) is 0 Å². The Balaban J connectivity index is 1.87. The number of H-pyrrole nitrogens is 1. The highest BCUT2D eigenvalue weighted by Gasteiger charge is 2.10. The summed E-state index contributed by atoms with van der Waals surface area (Å²) in [5.41, 5.74) is 1.84. The normalized spacial score (nSPS) is 11.1. The zero-order valence-corrected chi connectivity index (χ0v) is 11.3. The molecule has 3 aromatic heterocycles. The lowest BCUT2D eigenvalue weighted by Gasteiger charge is -2.07. The number of aromatic amines is 1. The summed E-state index contributed by atoms with van der Waals surface area (Å²) in [6.07, 6.45) is 3.48. The van der Waals surface area contributed by atoms with E-state index in [4.69, 9.17) is 0 Å². The van der Waals surface area contributed by atoms with Crippen LogP contribution in [0, 0.1) is 6.92 Å². The summed E-state index contributed by atoms with van der Waals surface area (Å²) in [6, 6.07) is 9.82. The van der Waals surface area contributed by atoms with Crippen molar-refractivity contribution in [3.8, 4) is 0 Å². The van der Waals surface area contributed by atoms with Crippen molar-refractivity contribution in [1.29, 1.82) is 0 Å². The molecule has 0 saturated carbocycles. The highest BCUT2D eigenvalue weighted by molar-refractivity contribution is 5.95. The van der Waals surface area contributed by atoms with E-state index < -0.39 is 0 Å². The summed E-state index contributed by atoms with van der Waals surface area (Å²) in [5.74, 6) is 2.16. The fourth-order valence-corrected chi connectivity index (χ4v) is 2.35. The number of nitrogens with one attached hydrogen (secondary N) is 2. The molecule has 6 nitrogen and oxygen atoms in total. The number of anilines is 2. The average Bonchev–Trinajstić information content (AvgIpc) is 2.90. The van der Waals surface area contributed by atoms with Crippen LogP contribution in [0.2, 0.25) is 0 Å². The van der Waals surface area contributed by atoms with Gasteiger partial charge in [-0.2, -0.15) is 5.10 Å². The van der Waals surface area contributed by atoms with Crippen LogP contribution in [0.3, 0.4) is 0 Å². The zero-order chi connectivity index (χ0) is 14.2. The molecule has 0 unspecified atom stereocenters. The summed E-state index contributed by atoms with van der Waals surface area (Å²) < 4.78 is 0. The molecule has 4 rings (SSSR count). The largest absolute Gasteiger partial charge is 0.322 e. The molecule has 4 aromatic rings. The van der Waals surface area contributed by atoms with E-state index in [-0.39, 0.29) is 0 Å². The Morgan fingerprint density at radius 2 is 1.90 bits per heavy atom. The van der Waals surface area contributed by atoms with E-state index in [1.807, 2.05) is 37.3 Å². The molecule has 6 heteroatoms. The minimum atomic E-state index is 0.705. The highest BCUT2D eigenvalue weighted by Crippen LogP contribution is 2.26. The zero-order valence-electron chi connectivity index (χ0n) is 11.3. The van der Waals surface area contributed by atoms with Crippen molar-refractivity contribution >= 4 is 33.4 Å². The Morgan fingerprint density at radius 1 is 1.00 bits per heavy atom. The minimum Gasteiger partial charge on any atom is -0.322 e. The predicted octanol–water partition coefficient (Wildman–Crippen LogP) is 2.95. The van der Waals surface area contributed by atoms with E-state index in [1.54, 1.807) is 12.4 Å². The van der Waals surface area contributed by atoms with Crippen molar-refractivity contribution in [1.82, 2.24) is 25.1 Å². The molecule has 0 amide bonds. The van der Waals surface area contributed by atoms with Gasteiger partial charge in [0.1, 0.15) is 11.6 Å². The van der Waals surface area contributed by atoms with Crippen molar-refractivity contribution in [3.05, 3.63) is 48.5 Å². The van der Waals surface area contributed by atoms with Crippen molar-refractivity contribution in [2.45, 2.75) is 6.92 Å². The number of hydrogen-bond acceptors (Lipinski definition) is 5. The first-order valence-corrected chi connectivity index (χ1v) is 6.60. The fourth-order valence-electron chi connectivity index (χ4n) is 2.35. The number of fused-ring (bicyclic) bond motifs is 2. The van der Waals surface area contributed by atoms with Gasteiger partial charge in [0.05, 0.1) is 16.4 Å². The number of nitrogens with zero attached hydrogens (tertiary/aromatic N) is 4.